The van der Waals surface area contributed by atoms with Crippen LogP contribution in [0.15, 0.2) is 18.2 Å². The molecule has 0 amide bonds. The molecule has 1 aliphatic heterocycles. The molecule has 5 heteroatoms. The third-order valence-corrected chi connectivity index (χ3v) is 4.10. The van der Waals surface area contributed by atoms with E-state index in [1.54, 1.807) is 12.1 Å². The Labute approximate surface area is 120 Å². The van der Waals surface area contributed by atoms with E-state index in [2.05, 4.69) is 17.1 Å². The summed E-state index contributed by atoms with van der Waals surface area (Å²) in [5.74, 6) is 0. The Balaban J connectivity index is 2.06. The second-order valence-corrected chi connectivity index (χ2v) is 5.44. The SMILES string of the molecule is CCN(Cc1cccc([N+](=O)[O-])c1C)CC1CCCN1. The van der Waals surface area contributed by atoms with Gasteiger partial charge in [-0.05, 0) is 38.4 Å². The zero-order valence-electron chi connectivity index (χ0n) is 12.3. The summed E-state index contributed by atoms with van der Waals surface area (Å²) in [6.45, 7) is 7.84. The van der Waals surface area contributed by atoms with E-state index >= 15 is 0 Å². The topological polar surface area (TPSA) is 58.4 Å². The van der Waals surface area contributed by atoms with E-state index in [0.717, 1.165) is 37.3 Å². The highest BCUT2D eigenvalue weighted by Gasteiger charge is 2.19. The molecule has 1 aromatic carbocycles. The molecule has 1 unspecified atom stereocenters. The number of nitrogens with zero attached hydrogens (tertiary/aromatic N) is 2. The Morgan fingerprint density at radius 3 is 2.90 bits per heavy atom. The van der Waals surface area contributed by atoms with Gasteiger partial charge in [-0.25, -0.2) is 0 Å². The van der Waals surface area contributed by atoms with Crippen molar-refractivity contribution in [2.45, 2.75) is 39.3 Å². The second kappa shape index (κ2) is 6.81. The minimum Gasteiger partial charge on any atom is -0.313 e. The normalized spacial score (nSPS) is 18.6. The van der Waals surface area contributed by atoms with E-state index in [1.165, 1.54) is 12.8 Å². The Kier molecular flexibility index (Phi) is 5.09. The number of rotatable bonds is 6. The monoisotopic (exact) mass is 277 g/mol. The zero-order chi connectivity index (χ0) is 14.5. The number of nitrogens with one attached hydrogen (secondary N) is 1. The number of nitro benzene ring substituents is 1. The molecule has 1 aromatic rings. The van der Waals surface area contributed by atoms with Crippen LogP contribution in [0.4, 0.5) is 5.69 Å². The average Bonchev–Trinajstić information content (AvgIpc) is 2.92. The van der Waals surface area contributed by atoms with Crippen molar-refractivity contribution >= 4 is 5.69 Å². The van der Waals surface area contributed by atoms with Crippen molar-refractivity contribution in [3.8, 4) is 0 Å². The van der Waals surface area contributed by atoms with Crippen molar-refractivity contribution in [3.63, 3.8) is 0 Å². The molecule has 1 N–H and O–H groups in total. The first-order chi connectivity index (χ1) is 9.61. The van der Waals surface area contributed by atoms with Gasteiger partial charge in [0.05, 0.1) is 4.92 Å². The van der Waals surface area contributed by atoms with Crippen molar-refractivity contribution in [2.75, 3.05) is 19.6 Å². The lowest BCUT2D eigenvalue weighted by Crippen LogP contribution is -2.37. The number of benzene rings is 1. The quantitative estimate of drug-likeness (QED) is 0.641. The van der Waals surface area contributed by atoms with Crippen LogP contribution in [-0.2, 0) is 6.54 Å². The summed E-state index contributed by atoms with van der Waals surface area (Å²) < 4.78 is 0. The second-order valence-electron chi connectivity index (χ2n) is 5.44. The Bertz CT molecular complexity index is 470. The molecule has 5 nitrogen and oxygen atoms in total. The standard InChI is InChI=1S/C15H23N3O2/c1-3-17(11-14-7-5-9-16-14)10-13-6-4-8-15(12(13)2)18(19)20/h4,6,8,14,16H,3,5,7,9-11H2,1-2H3. The van der Waals surface area contributed by atoms with E-state index in [-0.39, 0.29) is 10.6 Å². The largest absolute Gasteiger partial charge is 0.313 e. The summed E-state index contributed by atoms with van der Waals surface area (Å²) in [4.78, 5) is 13.0. The van der Waals surface area contributed by atoms with Gasteiger partial charge in [0.15, 0.2) is 0 Å². The molecule has 0 saturated carbocycles. The molecule has 1 saturated heterocycles. The van der Waals surface area contributed by atoms with Gasteiger partial charge in [-0.2, -0.15) is 0 Å². The molecule has 2 rings (SSSR count). The first-order valence-electron chi connectivity index (χ1n) is 7.30. The van der Waals surface area contributed by atoms with Crippen molar-refractivity contribution in [3.05, 3.63) is 39.4 Å². The van der Waals surface area contributed by atoms with Crippen molar-refractivity contribution in [1.29, 1.82) is 0 Å². The van der Waals surface area contributed by atoms with Crippen molar-refractivity contribution in [2.24, 2.45) is 0 Å². The van der Waals surface area contributed by atoms with Gasteiger partial charge in [-0.3, -0.25) is 15.0 Å². The number of nitro groups is 1. The molecule has 0 spiro atoms. The zero-order valence-corrected chi connectivity index (χ0v) is 12.3. The molecule has 20 heavy (non-hydrogen) atoms. The van der Waals surface area contributed by atoms with Gasteiger partial charge in [0.2, 0.25) is 0 Å². The van der Waals surface area contributed by atoms with Crippen molar-refractivity contribution in [1.82, 2.24) is 10.2 Å². The van der Waals surface area contributed by atoms with E-state index < -0.39 is 0 Å². The first kappa shape index (κ1) is 14.9. The lowest BCUT2D eigenvalue weighted by Gasteiger charge is -2.24. The molecular formula is C15H23N3O2. The van der Waals surface area contributed by atoms with Gasteiger partial charge in [0.25, 0.3) is 5.69 Å². The van der Waals surface area contributed by atoms with Crippen LogP contribution in [0.3, 0.4) is 0 Å². The average molecular weight is 277 g/mol. The first-order valence-corrected chi connectivity index (χ1v) is 7.30. The maximum atomic E-state index is 11.0. The van der Waals surface area contributed by atoms with Crippen LogP contribution in [0.1, 0.15) is 30.9 Å². The molecule has 0 aliphatic carbocycles. The van der Waals surface area contributed by atoms with Crippen LogP contribution in [0.2, 0.25) is 0 Å². The fourth-order valence-electron chi connectivity index (χ4n) is 2.81. The summed E-state index contributed by atoms with van der Waals surface area (Å²) in [7, 11) is 0. The van der Waals surface area contributed by atoms with Crippen LogP contribution in [0, 0.1) is 17.0 Å². The van der Waals surface area contributed by atoms with E-state index in [0.29, 0.717) is 6.04 Å². The van der Waals surface area contributed by atoms with E-state index in [1.807, 2.05) is 13.0 Å². The van der Waals surface area contributed by atoms with E-state index in [4.69, 9.17) is 0 Å². The van der Waals surface area contributed by atoms with E-state index in [9.17, 15) is 10.1 Å². The summed E-state index contributed by atoms with van der Waals surface area (Å²) >= 11 is 0. The lowest BCUT2D eigenvalue weighted by atomic mass is 10.1. The summed E-state index contributed by atoms with van der Waals surface area (Å²) in [6.07, 6.45) is 2.47. The fraction of sp³-hybridized carbons (Fsp3) is 0.600. The fourth-order valence-corrected chi connectivity index (χ4v) is 2.81. The minimum atomic E-state index is -0.298. The van der Waals surface area contributed by atoms with Crippen LogP contribution >= 0.6 is 0 Å². The predicted molar refractivity (Wildman–Crippen MR) is 79.8 cm³/mol. The highest BCUT2D eigenvalue weighted by molar-refractivity contribution is 5.44. The van der Waals surface area contributed by atoms with Crippen LogP contribution in [0.25, 0.3) is 0 Å². The van der Waals surface area contributed by atoms with Crippen LogP contribution < -0.4 is 5.32 Å². The molecule has 0 aromatic heterocycles. The van der Waals surface area contributed by atoms with Gasteiger partial charge in [-0.1, -0.05) is 19.1 Å². The van der Waals surface area contributed by atoms with Crippen molar-refractivity contribution < 1.29 is 4.92 Å². The van der Waals surface area contributed by atoms with Gasteiger partial charge in [-0.15, -0.1) is 0 Å². The number of hydrogen-bond donors (Lipinski definition) is 1. The highest BCUT2D eigenvalue weighted by atomic mass is 16.6. The Morgan fingerprint density at radius 2 is 2.30 bits per heavy atom. The van der Waals surface area contributed by atoms with Crippen LogP contribution in [-0.4, -0.2) is 35.5 Å². The molecule has 1 heterocycles. The summed E-state index contributed by atoms with van der Waals surface area (Å²) in [6, 6.07) is 5.91. The number of likely N-dealkylation sites (N-methyl/N-ethyl adjacent to an activating group) is 1. The maximum absolute atomic E-state index is 11.0. The maximum Gasteiger partial charge on any atom is 0.272 e. The van der Waals surface area contributed by atoms with Gasteiger partial charge >= 0.3 is 0 Å². The summed E-state index contributed by atoms with van der Waals surface area (Å²) in [5, 5.41) is 14.5. The number of hydrogen-bond acceptors (Lipinski definition) is 4. The lowest BCUT2D eigenvalue weighted by molar-refractivity contribution is -0.385. The third-order valence-electron chi connectivity index (χ3n) is 4.10. The van der Waals surface area contributed by atoms with Gasteiger partial charge in [0, 0.05) is 30.8 Å². The molecule has 0 radical (unpaired) electrons. The molecule has 1 aliphatic rings. The Morgan fingerprint density at radius 1 is 1.50 bits per heavy atom. The molecular weight excluding hydrogens is 254 g/mol. The third kappa shape index (κ3) is 3.55. The smallest absolute Gasteiger partial charge is 0.272 e. The molecule has 1 fully saturated rings. The highest BCUT2D eigenvalue weighted by Crippen LogP contribution is 2.22. The van der Waals surface area contributed by atoms with Gasteiger partial charge in [0.1, 0.15) is 0 Å². The Hall–Kier alpha value is -1.46. The molecule has 110 valence electrons. The molecule has 1 atom stereocenters. The minimum absolute atomic E-state index is 0.220. The van der Waals surface area contributed by atoms with Gasteiger partial charge < -0.3 is 5.32 Å². The van der Waals surface area contributed by atoms with Crippen LogP contribution in [0.5, 0.6) is 0 Å². The predicted octanol–water partition coefficient (Wildman–Crippen LogP) is 2.48. The summed E-state index contributed by atoms with van der Waals surface area (Å²) in [5.41, 5.74) is 2.06. The molecule has 0 bridgehead atoms.